The van der Waals surface area contributed by atoms with Gasteiger partial charge < -0.3 is 15.4 Å². The van der Waals surface area contributed by atoms with Crippen molar-refractivity contribution in [2.75, 3.05) is 19.0 Å². The predicted molar refractivity (Wildman–Crippen MR) is 101 cm³/mol. The van der Waals surface area contributed by atoms with Crippen LogP contribution in [-0.2, 0) is 11.2 Å². The van der Waals surface area contributed by atoms with Gasteiger partial charge in [0.2, 0.25) is 5.91 Å². The third kappa shape index (κ3) is 4.63. The topological polar surface area (TPSA) is 67.4 Å². The van der Waals surface area contributed by atoms with Gasteiger partial charge in [-0.1, -0.05) is 25.1 Å². The zero-order valence-corrected chi connectivity index (χ0v) is 15.1. The van der Waals surface area contributed by atoms with Gasteiger partial charge >= 0.3 is 0 Å². The zero-order valence-electron chi connectivity index (χ0n) is 15.1. The van der Waals surface area contributed by atoms with Crippen LogP contribution in [0.1, 0.15) is 29.3 Å². The van der Waals surface area contributed by atoms with Gasteiger partial charge in [-0.15, -0.1) is 0 Å². The van der Waals surface area contributed by atoms with Crippen molar-refractivity contribution < 1.29 is 14.3 Å². The van der Waals surface area contributed by atoms with Crippen molar-refractivity contribution in [2.45, 2.75) is 19.8 Å². The van der Waals surface area contributed by atoms with Crippen molar-refractivity contribution in [2.24, 2.45) is 11.8 Å². The van der Waals surface area contributed by atoms with Crippen molar-refractivity contribution in [1.82, 2.24) is 5.32 Å². The van der Waals surface area contributed by atoms with E-state index in [-0.39, 0.29) is 17.7 Å². The highest BCUT2D eigenvalue weighted by Gasteiger charge is 2.39. The molecule has 136 valence electrons. The average molecular weight is 352 g/mol. The number of hydrogen-bond donors (Lipinski definition) is 2. The molecule has 0 aliphatic heterocycles. The summed E-state index contributed by atoms with van der Waals surface area (Å²) in [5, 5.41) is 5.81. The lowest BCUT2D eigenvalue weighted by atomic mass is 10.1. The molecule has 0 radical (unpaired) electrons. The van der Waals surface area contributed by atoms with Gasteiger partial charge in [0.25, 0.3) is 5.91 Å². The van der Waals surface area contributed by atoms with E-state index in [1.807, 2.05) is 24.3 Å². The van der Waals surface area contributed by atoms with Crippen LogP contribution in [0.2, 0.25) is 0 Å². The lowest BCUT2D eigenvalue weighted by Crippen LogP contribution is -2.25. The summed E-state index contributed by atoms with van der Waals surface area (Å²) in [6, 6.07) is 14.8. The van der Waals surface area contributed by atoms with Crippen LogP contribution in [0.15, 0.2) is 48.5 Å². The normalized spacial score (nSPS) is 18.1. The van der Waals surface area contributed by atoms with Gasteiger partial charge in [-0.25, -0.2) is 0 Å². The molecule has 0 aromatic heterocycles. The molecule has 0 unspecified atom stereocenters. The highest BCUT2D eigenvalue weighted by Crippen LogP contribution is 2.38. The van der Waals surface area contributed by atoms with Gasteiger partial charge in [-0.2, -0.15) is 0 Å². The molecule has 1 fully saturated rings. The third-order valence-corrected chi connectivity index (χ3v) is 4.70. The molecule has 5 heteroatoms. The Morgan fingerprint density at radius 2 is 1.88 bits per heavy atom. The molecule has 2 aromatic carbocycles. The summed E-state index contributed by atoms with van der Waals surface area (Å²) in [6.07, 6.45) is 1.68. The first-order chi connectivity index (χ1) is 12.6. The number of carbonyl (C=O) groups excluding carboxylic acids is 2. The second kappa shape index (κ2) is 8.04. The van der Waals surface area contributed by atoms with Gasteiger partial charge in [-0.3, -0.25) is 9.59 Å². The average Bonchev–Trinajstić information content (AvgIpc) is 3.39. The first-order valence-corrected chi connectivity index (χ1v) is 8.89. The van der Waals surface area contributed by atoms with E-state index in [9.17, 15) is 9.59 Å². The van der Waals surface area contributed by atoms with E-state index in [2.05, 4.69) is 17.6 Å². The molecule has 0 spiro atoms. The highest BCUT2D eigenvalue weighted by atomic mass is 16.5. The molecule has 0 heterocycles. The summed E-state index contributed by atoms with van der Waals surface area (Å²) in [5.41, 5.74) is 2.34. The molecular formula is C21H24N2O3. The summed E-state index contributed by atoms with van der Waals surface area (Å²) in [7, 11) is 1.64. The first kappa shape index (κ1) is 18.0. The Hall–Kier alpha value is -2.82. The van der Waals surface area contributed by atoms with E-state index in [4.69, 9.17) is 4.74 Å². The monoisotopic (exact) mass is 352 g/mol. The Morgan fingerprint density at radius 1 is 1.15 bits per heavy atom. The predicted octanol–water partition coefficient (Wildman–Crippen LogP) is 3.26. The van der Waals surface area contributed by atoms with Crippen molar-refractivity contribution in [3.8, 4) is 5.75 Å². The van der Waals surface area contributed by atoms with Gasteiger partial charge in [0, 0.05) is 23.7 Å². The molecule has 0 saturated heterocycles. The largest absolute Gasteiger partial charge is 0.497 e. The molecule has 2 aromatic rings. The van der Waals surface area contributed by atoms with Crippen molar-refractivity contribution >= 4 is 17.5 Å². The maximum Gasteiger partial charge on any atom is 0.251 e. The number of nitrogens with one attached hydrogen (secondary N) is 2. The van der Waals surface area contributed by atoms with E-state index in [0.717, 1.165) is 24.2 Å². The number of carbonyl (C=O) groups is 2. The molecule has 2 amide bonds. The van der Waals surface area contributed by atoms with Crippen LogP contribution in [-0.4, -0.2) is 25.5 Å². The molecule has 2 atom stereocenters. The van der Waals surface area contributed by atoms with Crippen LogP contribution in [0.3, 0.4) is 0 Å². The van der Waals surface area contributed by atoms with Crippen LogP contribution in [0, 0.1) is 11.8 Å². The first-order valence-electron chi connectivity index (χ1n) is 8.89. The Bertz CT molecular complexity index is 786. The molecule has 5 nitrogen and oxygen atoms in total. The van der Waals surface area contributed by atoms with Gasteiger partial charge in [0.05, 0.1) is 7.11 Å². The Kier molecular flexibility index (Phi) is 5.56. The van der Waals surface area contributed by atoms with Gasteiger partial charge in [-0.05, 0) is 54.7 Å². The number of benzene rings is 2. The zero-order chi connectivity index (χ0) is 18.5. The molecule has 26 heavy (non-hydrogen) atoms. The van der Waals surface area contributed by atoms with E-state index in [1.54, 1.807) is 31.4 Å². The molecule has 1 aliphatic rings. The van der Waals surface area contributed by atoms with Crippen molar-refractivity contribution in [3.63, 3.8) is 0 Å². The minimum absolute atomic E-state index is 0.0366. The van der Waals surface area contributed by atoms with Crippen LogP contribution >= 0.6 is 0 Å². The minimum atomic E-state index is -0.144. The summed E-state index contributed by atoms with van der Waals surface area (Å²) >= 11 is 0. The molecule has 0 bridgehead atoms. The summed E-state index contributed by atoms with van der Waals surface area (Å²) in [6.45, 7) is 2.61. The fraction of sp³-hybridized carbons (Fsp3) is 0.333. The molecule has 2 N–H and O–H groups in total. The van der Waals surface area contributed by atoms with Crippen molar-refractivity contribution in [3.05, 3.63) is 59.7 Å². The summed E-state index contributed by atoms with van der Waals surface area (Å²) < 4.78 is 5.13. The SMILES string of the molecule is COc1ccc(CCNC(=O)c2cccc(NC(=O)[C@H]3C[C@@H]3C)c2)cc1. The van der Waals surface area contributed by atoms with Crippen LogP contribution in [0.4, 0.5) is 5.69 Å². The van der Waals surface area contributed by atoms with E-state index in [1.165, 1.54) is 0 Å². The van der Waals surface area contributed by atoms with Crippen LogP contribution in [0.25, 0.3) is 0 Å². The number of amides is 2. The number of rotatable bonds is 7. The number of anilines is 1. The second-order valence-corrected chi connectivity index (χ2v) is 6.74. The number of ether oxygens (including phenoxy) is 1. The highest BCUT2D eigenvalue weighted by molar-refractivity contribution is 5.98. The smallest absolute Gasteiger partial charge is 0.251 e. The lowest BCUT2D eigenvalue weighted by molar-refractivity contribution is -0.117. The maximum absolute atomic E-state index is 12.3. The number of hydrogen-bond acceptors (Lipinski definition) is 3. The summed E-state index contributed by atoms with van der Waals surface area (Å²) in [4.78, 5) is 24.3. The Balaban J connectivity index is 1.50. The third-order valence-electron chi connectivity index (χ3n) is 4.70. The molecule has 3 rings (SSSR count). The second-order valence-electron chi connectivity index (χ2n) is 6.74. The Morgan fingerprint density at radius 3 is 2.54 bits per heavy atom. The van der Waals surface area contributed by atoms with Gasteiger partial charge in [0.15, 0.2) is 0 Å². The minimum Gasteiger partial charge on any atom is -0.497 e. The van der Waals surface area contributed by atoms with Gasteiger partial charge in [0.1, 0.15) is 5.75 Å². The maximum atomic E-state index is 12.3. The van der Waals surface area contributed by atoms with Crippen LogP contribution in [0.5, 0.6) is 5.75 Å². The fourth-order valence-corrected chi connectivity index (χ4v) is 2.88. The fourth-order valence-electron chi connectivity index (χ4n) is 2.88. The quantitative estimate of drug-likeness (QED) is 0.804. The Labute approximate surface area is 153 Å². The van der Waals surface area contributed by atoms with E-state index in [0.29, 0.717) is 23.7 Å². The van der Waals surface area contributed by atoms with E-state index < -0.39 is 0 Å². The van der Waals surface area contributed by atoms with Crippen LogP contribution < -0.4 is 15.4 Å². The van der Waals surface area contributed by atoms with Crippen molar-refractivity contribution in [1.29, 1.82) is 0 Å². The number of methoxy groups -OCH3 is 1. The lowest BCUT2D eigenvalue weighted by Gasteiger charge is -2.09. The summed E-state index contributed by atoms with van der Waals surface area (Å²) in [5.74, 6) is 1.28. The van der Waals surface area contributed by atoms with E-state index >= 15 is 0 Å². The molecule has 1 saturated carbocycles. The molecular weight excluding hydrogens is 328 g/mol. The molecule has 1 aliphatic carbocycles. The standard InChI is InChI=1S/C21H24N2O3/c1-14-12-19(14)21(25)23-17-5-3-4-16(13-17)20(24)22-11-10-15-6-8-18(26-2)9-7-15/h3-9,13-14,19H,10-12H2,1-2H3,(H,22,24)(H,23,25)/t14-,19-/m0/s1.